The minimum absolute atomic E-state index is 0. The second-order valence-corrected chi connectivity index (χ2v) is 6.35. The number of benzene rings is 1. The zero-order valence-corrected chi connectivity index (χ0v) is 18.8. The number of ether oxygens (including phenoxy) is 1. The van der Waals surface area contributed by atoms with Gasteiger partial charge in [-0.05, 0) is 45.2 Å². The number of carbonyl (C=O) groups excluding carboxylic acids is 1. The molecule has 2 rings (SSSR count). The van der Waals surface area contributed by atoms with Gasteiger partial charge in [0, 0.05) is 44.9 Å². The number of amides is 1. The largest absolute Gasteiger partial charge is 0.378 e. The van der Waals surface area contributed by atoms with E-state index in [4.69, 9.17) is 9.73 Å². The molecule has 0 saturated carbocycles. The summed E-state index contributed by atoms with van der Waals surface area (Å²) in [6.07, 6.45) is 3.30. The Morgan fingerprint density at radius 3 is 2.52 bits per heavy atom. The molecule has 152 valence electrons. The van der Waals surface area contributed by atoms with Crippen molar-refractivity contribution in [1.82, 2.24) is 15.5 Å². The van der Waals surface area contributed by atoms with Gasteiger partial charge in [-0.2, -0.15) is 0 Å². The Bertz CT molecular complexity index is 560. The van der Waals surface area contributed by atoms with Crippen molar-refractivity contribution in [3.8, 4) is 0 Å². The van der Waals surface area contributed by atoms with Crippen molar-refractivity contribution >= 4 is 35.8 Å². The summed E-state index contributed by atoms with van der Waals surface area (Å²) in [5.74, 6) is 0.941. The van der Waals surface area contributed by atoms with Crippen LogP contribution in [-0.4, -0.2) is 62.2 Å². The number of carbonyl (C=O) groups is 1. The van der Waals surface area contributed by atoms with Gasteiger partial charge in [0.25, 0.3) is 5.91 Å². The van der Waals surface area contributed by atoms with Crippen molar-refractivity contribution in [2.45, 2.75) is 39.2 Å². The summed E-state index contributed by atoms with van der Waals surface area (Å²) in [5.41, 5.74) is 0.696. The summed E-state index contributed by atoms with van der Waals surface area (Å²) < 4.78 is 5.72. The second kappa shape index (κ2) is 13.8. The first kappa shape index (κ1) is 23.7. The number of hydrogen-bond donors (Lipinski definition) is 2. The normalized spacial score (nSPS) is 15.2. The van der Waals surface area contributed by atoms with Gasteiger partial charge in [-0.25, -0.2) is 0 Å². The van der Waals surface area contributed by atoms with Gasteiger partial charge in [0.1, 0.15) is 0 Å². The molecule has 0 unspecified atom stereocenters. The van der Waals surface area contributed by atoms with E-state index in [1.54, 1.807) is 0 Å². The fourth-order valence-corrected chi connectivity index (χ4v) is 3.05. The van der Waals surface area contributed by atoms with Crippen LogP contribution in [0.2, 0.25) is 0 Å². The van der Waals surface area contributed by atoms with Crippen LogP contribution in [0.1, 0.15) is 43.5 Å². The first-order valence-corrected chi connectivity index (χ1v) is 9.72. The van der Waals surface area contributed by atoms with E-state index in [-0.39, 0.29) is 29.9 Å². The maximum absolute atomic E-state index is 12.0. The number of guanidine groups is 1. The molecule has 7 heteroatoms. The molecule has 6 nitrogen and oxygen atoms in total. The van der Waals surface area contributed by atoms with Gasteiger partial charge in [0.05, 0.1) is 6.10 Å². The highest BCUT2D eigenvalue weighted by atomic mass is 127. The smallest absolute Gasteiger partial charge is 0.251 e. The second-order valence-electron chi connectivity index (χ2n) is 6.35. The molecule has 0 spiro atoms. The summed E-state index contributed by atoms with van der Waals surface area (Å²) in [6.45, 7) is 9.05. The number of nitrogens with zero attached hydrogens (tertiary/aromatic N) is 2. The third-order valence-corrected chi connectivity index (χ3v) is 4.40. The van der Waals surface area contributed by atoms with E-state index < -0.39 is 0 Å². The highest BCUT2D eigenvalue weighted by Gasteiger charge is 2.21. The molecular weight excluding hydrogens is 455 g/mol. The van der Waals surface area contributed by atoms with Gasteiger partial charge in [-0.1, -0.05) is 18.2 Å². The first-order chi connectivity index (χ1) is 12.7. The molecule has 1 aromatic rings. The van der Waals surface area contributed by atoms with Crippen LogP contribution in [0.4, 0.5) is 0 Å². The molecule has 0 aliphatic carbocycles. The predicted octanol–water partition coefficient (Wildman–Crippen LogP) is 2.89. The Balaban J connectivity index is 0.00000364. The maximum atomic E-state index is 12.0. The highest BCUT2D eigenvalue weighted by molar-refractivity contribution is 14.0. The van der Waals surface area contributed by atoms with Gasteiger partial charge in [0.15, 0.2) is 5.96 Å². The standard InChI is InChI=1S/C20H32N4O2.HI/c1-3-21-20(24-15-11-18(12-16-24)26-4-2)23-14-8-13-22-19(25)17-9-6-5-7-10-17;/h5-7,9-10,18H,3-4,8,11-16H2,1-2H3,(H,21,23)(H,22,25);1H. The highest BCUT2D eigenvalue weighted by Crippen LogP contribution is 2.13. The Kier molecular flexibility index (Phi) is 12.1. The third-order valence-electron chi connectivity index (χ3n) is 4.40. The molecule has 1 heterocycles. The fraction of sp³-hybridized carbons (Fsp3) is 0.600. The quantitative estimate of drug-likeness (QED) is 0.256. The maximum Gasteiger partial charge on any atom is 0.251 e. The topological polar surface area (TPSA) is 66.0 Å². The average molecular weight is 488 g/mol. The van der Waals surface area contributed by atoms with Gasteiger partial charge >= 0.3 is 0 Å². The Labute approximate surface area is 180 Å². The average Bonchev–Trinajstić information content (AvgIpc) is 2.68. The molecule has 1 aliphatic rings. The number of hydrogen-bond acceptors (Lipinski definition) is 3. The lowest BCUT2D eigenvalue weighted by Gasteiger charge is -2.34. The van der Waals surface area contributed by atoms with Gasteiger partial charge in [0.2, 0.25) is 0 Å². The minimum Gasteiger partial charge on any atom is -0.378 e. The molecule has 1 amide bonds. The minimum atomic E-state index is -0.0283. The van der Waals surface area contributed by atoms with Crippen LogP contribution in [-0.2, 0) is 4.74 Å². The third kappa shape index (κ3) is 8.47. The van der Waals surface area contributed by atoms with E-state index in [9.17, 15) is 4.79 Å². The van der Waals surface area contributed by atoms with Crippen molar-refractivity contribution in [3.63, 3.8) is 0 Å². The van der Waals surface area contributed by atoms with Crippen LogP contribution in [0.15, 0.2) is 35.3 Å². The molecule has 1 fully saturated rings. The first-order valence-electron chi connectivity index (χ1n) is 9.72. The van der Waals surface area contributed by atoms with E-state index in [1.165, 1.54) is 0 Å². The summed E-state index contributed by atoms with van der Waals surface area (Å²) in [7, 11) is 0. The lowest BCUT2D eigenvalue weighted by molar-refractivity contribution is 0.0264. The fourth-order valence-electron chi connectivity index (χ4n) is 3.05. The van der Waals surface area contributed by atoms with Crippen molar-refractivity contribution in [1.29, 1.82) is 0 Å². The van der Waals surface area contributed by atoms with E-state index >= 15 is 0 Å². The molecule has 1 aromatic carbocycles. The number of halogens is 1. The van der Waals surface area contributed by atoms with Crippen LogP contribution < -0.4 is 10.6 Å². The van der Waals surface area contributed by atoms with Crippen LogP contribution in [0, 0.1) is 0 Å². The molecule has 0 atom stereocenters. The molecule has 1 saturated heterocycles. The number of piperidine rings is 1. The van der Waals surface area contributed by atoms with E-state index in [1.807, 2.05) is 30.3 Å². The number of likely N-dealkylation sites (tertiary alicyclic amines) is 1. The van der Waals surface area contributed by atoms with E-state index in [0.717, 1.165) is 51.5 Å². The summed E-state index contributed by atoms with van der Waals surface area (Å²) in [4.78, 5) is 19.0. The molecular formula is C20H33IN4O2. The summed E-state index contributed by atoms with van der Waals surface area (Å²) >= 11 is 0. The van der Waals surface area contributed by atoms with Crippen molar-refractivity contribution in [2.75, 3.05) is 39.3 Å². The molecule has 2 N–H and O–H groups in total. The lowest BCUT2D eigenvalue weighted by atomic mass is 10.1. The van der Waals surface area contributed by atoms with E-state index in [2.05, 4.69) is 29.4 Å². The van der Waals surface area contributed by atoms with Gasteiger partial charge < -0.3 is 20.3 Å². The van der Waals surface area contributed by atoms with Crippen LogP contribution in [0.3, 0.4) is 0 Å². The Hall–Kier alpha value is -1.35. The molecule has 0 aromatic heterocycles. The molecule has 27 heavy (non-hydrogen) atoms. The monoisotopic (exact) mass is 488 g/mol. The lowest BCUT2D eigenvalue weighted by Crippen LogP contribution is -2.47. The number of aliphatic imine (C=N–C) groups is 1. The predicted molar refractivity (Wildman–Crippen MR) is 121 cm³/mol. The summed E-state index contributed by atoms with van der Waals surface area (Å²) in [5, 5.41) is 6.32. The zero-order valence-electron chi connectivity index (χ0n) is 16.4. The molecule has 0 radical (unpaired) electrons. The SMILES string of the molecule is CCNC(=NCCCNC(=O)c1ccccc1)N1CCC(OCC)CC1.I. The Morgan fingerprint density at radius 1 is 1.19 bits per heavy atom. The van der Waals surface area contributed by atoms with Crippen LogP contribution in [0.25, 0.3) is 0 Å². The molecule has 1 aliphatic heterocycles. The van der Waals surface area contributed by atoms with Crippen molar-refractivity contribution in [3.05, 3.63) is 35.9 Å². The number of nitrogens with one attached hydrogen (secondary N) is 2. The Morgan fingerprint density at radius 2 is 1.89 bits per heavy atom. The zero-order chi connectivity index (χ0) is 18.6. The van der Waals surface area contributed by atoms with Crippen LogP contribution >= 0.6 is 24.0 Å². The van der Waals surface area contributed by atoms with Gasteiger partial charge in [-0.3, -0.25) is 9.79 Å². The van der Waals surface area contributed by atoms with Crippen LogP contribution in [0.5, 0.6) is 0 Å². The van der Waals surface area contributed by atoms with Gasteiger partial charge in [-0.15, -0.1) is 24.0 Å². The van der Waals surface area contributed by atoms with E-state index in [0.29, 0.717) is 24.8 Å². The van der Waals surface area contributed by atoms with Crippen molar-refractivity contribution in [2.24, 2.45) is 4.99 Å². The van der Waals surface area contributed by atoms with Crippen molar-refractivity contribution < 1.29 is 9.53 Å². The molecule has 0 bridgehead atoms. The number of rotatable bonds is 8. The summed E-state index contributed by atoms with van der Waals surface area (Å²) in [6, 6.07) is 9.30.